The van der Waals surface area contributed by atoms with Crippen LogP contribution in [-0.2, 0) is 0 Å². The maximum atomic E-state index is 2.62. The molecule has 0 saturated carbocycles. The Kier molecular flexibility index (Phi) is 4.85. The molecule has 0 N–H and O–H groups in total. The van der Waals surface area contributed by atoms with Crippen molar-refractivity contribution >= 4 is 33.2 Å². The molecule has 1 heterocycles. The predicted molar refractivity (Wildman–Crippen MR) is 84.0 cm³/mol. The van der Waals surface area contributed by atoms with E-state index >= 15 is 0 Å². The van der Waals surface area contributed by atoms with E-state index in [1.807, 2.05) is 5.47 Å². The molecule has 92 valence electrons. The summed E-state index contributed by atoms with van der Waals surface area (Å²) in [6.07, 6.45) is 5.79. The van der Waals surface area contributed by atoms with Gasteiger partial charge in [0.2, 0.25) is 0 Å². The second-order valence-corrected chi connectivity index (χ2v) is 28.2. The van der Waals surface area contributed by atoms with Crippen molar-refractivity contribution in [1.29, 1.82) is 0 Å². The number of allylic oxidation sites excluding steroid dienone is 1. The summed E-state index contributed by atoms with van der Waals surface area (Å²) in [5.41, 5.74) is 1.92. The van der Waals surface area contributed by atoms with Crippen molar-refractivity contribution in [3.63, 3.8) is 0 Å². The topological polar surface area (TPSA) is 0 Å². The van der Waals surface area contributed by atoms with E-state index in [4.69, 9.17) is 0 Å². The van der Waals surface area contributed by atoms with Gasteiger partial charge in [0.05, 0.1) is 0 Å². The minimum absolute atomic E-state index is 0.895. The number of hydrogen-bond acceptors (Lipinski definition) is 0. The summed E-state index contributed by atoms with van der Waals surface area (Å²) in [7, 11) is -1.08. The summed E-state index contributed by atoms with van der Waals surface area (Å²) < 4.78 is 2.06. The first kappa shape index (κ1) is 14.9. The second-order valence-electron chi connectivity index (χ2n) is 7.55. The fourth-order valence-corrected chi connectivity index (χ4v) is 30.3. The van der Waals surface area contributed by atoms with E-state index in [9.17, 15) is 0 Å². The molecule has 0 amide bonds. The van der Waals surface area contributed by atoms with Crippen molar-refractivity contribution in [3.05, 3.63) is 8.68 Å². The van der Waals surface area contributed by atoms with E-state index < -0.39 is 26.5 Å². The molecule has 0 spiro atoms. The molecule has 0 aliphatic carbocycles. The summed E-state index contributed by atoms with van der Waals surface area (Å²) in [5.74, 6) is 0. The fourth-order valence-electron chi connectivity index (χ4n) is 3.65. The van der Waals surface area contributed by atoms with Crippen LogP contribution in [0, 0.1) is 0 Å². The number of hydrogen-bond donors (Lipinski definition) is 0. The van der Waals surface area contributed by atoms with Gasteiger partial charge in [-0.3, -0.25) is 0 Å². The third-order valence-corrected chi connectivity index (χ3v) is 22.2. The summed E-state index contributed by atoms with van der Waals surface area (Å²) in [5, 5.41) is 0. The van der Waals surface area contributed by atoms with Gasteiger partial charge in [0, 0.05) is 0 Å². The first-order chi connectivity index (χ1) is 7.14. The summed E-state index contributed by atoms with van der Waals surface area (Å²) in [6.45, 7) is 11.1. The van der Waals surface area contributed by atoms with Crippen LogP contribution in [0.2, 0.25) is 47.6 Å². The van der Waals surface area contributed by atoms with Gasteiger partial charge in [0.15, 0.2) is 0 Å². The standard InChI is InChI=1S/C10H20BSi.3CH3.Sn/c1-11-8-6-5-7-10(11)9-12(2,3)4;;;;/h5-8H2,1-4H3;3*1H3;. The van der Waals surface area contributed by atoms with Gasteiger partial charge >= 0.3 is 109 Å². The van der Waals surface area contributed by atoms with Crippen molar-refractivity contribution in [2.75, 3.05) is 0 Å². The molecule has 0 radical (unpaired) electrons. The molecular formula is C13H29BSiSn. The Morgan fingerprint density at radius 3 is 2.06 bits per heavy atom. The molecule has 0 atom stereocenters. The van der Waals surface area contributed by atoms with Crippen LogP contribution in [0.25, 0.3) is 0 Å². The second kappa shape index (κ2) is 5.21. The van der Waals surface area contributed by atoms with Gasteiger partial charge in [-0.25, -0.2) is 0 Å². The van der Waals surface area contributed by atoms with Gasteiger partial charge in [-0.15, -0.1) is 0 Å². The fraction of sp³-hybridized carbons (Fsp3) is 0.846. The molecule has 16 heavy (non-hydrogen) atoms. The van der Waals surface area contributed by atoms with Crippen LogP contribution >= 0.6 is 0 Å². The molecule has 1 aliphatic rings. The summed E-state index contributed by atoms with van der Waals surface area (Å²) in [6, 6.07) is 0. The van der Waals surface area contributed by atoms with Gasteiger partial charge in [-0.2, -0.15) is 0 Å². The Morgan fingerprint density at radius 1 is 1.12 bits per heavy atom. The van der Waals surface area contributed by atoms with E-state index in [1.165, 1.54) is 25.6 Å². The zero-order chi connectivity index (χ0) is 12.6. The molecule has 1 saturated heterocycles. The normalized spacial score (nSPS) is 22.3. The monoisotopic (exact) mass is 344 g/mol. The van der Waals surface area contributed by atoms with E-state index in [0.717, 1.165) is 6.71 Å². The Morgan fingerprint density at radius 2 is 1.69 bits per heavy atom. The molecule has 0 nitrogen and oxygen atoms in total. The van der Waals surface area contributed by atoms with Crippen LogP contribution in [0.3, 0.4) is 0 Å². The molecule has 0 aromatic heterocycles. The molecule has 0 aromatic carbocycles. The zero-order valence-electron chi connectivity index (χ0n) is 12.4. The average Bonchev–Trinajstić information content (AvgIpc) is 2.03. The average molecular weight is 343 g/mol. The summed E-state index contributed by atoms with van der Waals surface area (Å²) in [4.78, 5) is 7.86. The van der Waals surface area contributed by atoms with E-state index in [-0.39, 0.29) is 0 Å². The maximum absolute atomic E-state index is 2.62. The zero-order valence-corrected chi connectivity index (χ0v) is 16.3. The van der Waals surface area contributed by atoms with Crippen LogP contribution in [0.4, 0.5) is 0 Å². The van der Waals surface area contributed by atoms with E-state index in [2.05, 4.69) is 44.5 Å². The third kappa shape index (κ3) is 3.66. The molecule has 1 fully saturated rings. The Hall–Kier alpha value is 0.821. The first-order valence-corrected chi connectivity index (χ1v) is 20.4. The molecule has 0 bridgehead atoms. The van der Waals surface area contributed by atoms with Crippen molar-refractivity contribution < 1.29 is 0 Å². The van der Waals surface area contributed by atoms with E-state index in [1.54, 1.807) is 0 Å². The van der Waals surface area contributed by atoms with Gasteiger partial charge < -0.3 is 0 Å². The number of rotatable bonds is 2. The van der Waals surface area contributed by atoms with Crippen molar-refractivity contribution in [2.45, 2.75) is 66.9 Å². The van der Waals surface area contributed by atoms with Crippen LogP contribution in [0.5, 0.6) is 0 Å². The Bertz CT molecular complexity index is 267. The van der Waals surface area contributed by atoms with Crippen LogP contribution in [-0.4, -0.2) is 33.2 Å². The Labute approximate surface area is 108 Å². The van der Waals surface area contributed by atoms with Crippen molar-refractivity contribution in [3.8, 4) is 0 Å². The quantitative estimate of drug-likeness (QED) is 0.627. The van der Waals surface area contributed by atoms with Crippen LogP contribution < -0.4 is 0 Å². The van der Waals surface area contributed by atoms with Crippen molar-refractivity contribution in [1.82, 2.24) is 0 Å². The Balaban J connectivity index is 3.22. The molecule has 1 aliphatic heterocycles. The van der Waals surface area contributed by atoms with Gasteiger partial charge in [-0.05, 0) is 0 Å². The van der Waals surface area contributed by atoms with Gasteiger partial charge in [0.25, 0.3) is 0 Å². The van der Waals surface area contributed by atoms with E-state index in [0.29, 0.717) is 0 Å². The molecule has 0 aromatic rings. The van der Waals surface area contributed by atoms with Crippen LogP contribution in [0.15, 0.2) is 8.68 Å². The first-order valence-electron chi connectivity index (χ1n) is 6.88. The predicted octanol–water partition coefficient (Wildman–Crippen LogP) is 4.89. The molecule has 0 unspecified atom stereocenters. The molecule has 3 heteroatoms. The minimum atomic E-state index is -1.87. The van der Waals surface area contributed by atoms with Crippen molar-refractivity contribution in [2.24, 2.45) is 0 Å². The van der Waals surface area contributed by atoms with Crippen LogP contribution in [0.1, 0.15) is 19.3 Å². The van der Waals surface area contributed by atoms with Gasteiger partial charge in [-0.1, -0.05) is 0 Å². The molecule has 1 rings (SSSR count). The summed E-state index contributed by atoms with van der Waals surface area (Å²) >= 11 is -1.87. The van der Waals surface area contributed by atoms with Gasteiger partial charge in [0.1, 0.15) is 0 Å². The third-order valence-electron chi connectivity index (χ3n) is 3.75. The molecular weight excluding hydrogens is 314 g/mol. The SMILES string of the molecule is CB1CCCC/C1=[C](\[Si](C)(C)C)[Sn]([CH3])([CH3])[CH3].